The van der Waals surface area contributed by atoms with Gasteiger partial charge in [-0.15, -0.1) is 0 Å². The molecule has 0 unspecified atom stereocenters. The van der Waals surface area contributed by atoms with E-state index < -0.39 is 11.9 Å². The second-order valence-electron chi connectivity index (χ2n) is 6.71. The number of carboxylic acids is 1. The summed E-state index contributed by atoms with van der Waals surface area (Å²) >= 11 is 0. The van der Waals surface area contributed by atoms with Gasteiger partial charge in [-0.05, 0) is 38.2 Å². The van der Waals surface area contributed by atoms with E-state index >= 15 is 0 Å². The predicted octanol–water partition coefficient (Wildman–Crippen LogP) is 3.12. The summed E-state index contributed by atoms with van der Waals surface area (Å²) in [6, 6.07) is 0. The molecule has 0 amide bonds. The SMILES string of the molecule is COc1c(C)c2c(c(O)c1CC1=C(C)[C@H](CC(=O)O)CC1)C(=O)OC2. The van der Waals surface area contributed by atoms with Crippen LogP contribution in [-0.2, 0) is 22.6 Å². The van der Waals surface area contributed by atoms with E-state index in [0.29, 0.717) is 23.3 Å². The molecule has 3 rings (SSSR count). The van der Waals surface area contributed by atoms with Crippen LogP contribution >= 0.6 is 0 Å². The van der Waals surface area contributed by atoms with Gasteiger partial charge in [0.15, 0.2) is 0 Å². The minimum absolute atomic E-state index is 0.0288. The minimum atomic E-state index is -0.804. The first kappa shape index (κ1) is 17.3. The van der Waals surface area contributed by atoms with Crippen molar-refractivity contribution in [2.75, 3.05) is 7.11 Å². The maximum Gasteiger partial charge on any atom is 0.342 e. The van der Waals surface area contributed by atoms with Gasteiger partial charge in [-0.3, -0.25) is 4.79 Å². The lowest BCUT2D eigenvalue weighted by Crippen LogP contribution is -2.06. The van der Waals surface area contributed by atoms with Gasteiger partial charge in [-0.2, -0.15) is 0 Å². The van der Waals surface area contributed by atoms with Gasteiger partial charge in [0.2, 0.25) is 0 Å². The average molecular weight is 346 g/mol. The fourth-order valence-electron chi connectivity index (χ4n) is 3.96. The number of rotatable bonds is 5. The fourth-order valence-corrected chi connectivity index (χ4v) is 3.96. The van der Waals surface area contributed by atoms with Gasteiger partial charge in [-0.1, -0.05) is 11.1 Å². The number of carboxylic acid groups (broad SMARTS) is 1. The van der Waals surface area contributed by atoms with Crippen LogP contribution in [0.4, 0.5) is 0 Å². The molecule has 25 heavy (non-hydrogen) atoms. The van der Waals surface area contributed by atoms with Gasteiger partial charge in [0.1, 0.15) is 23.7 Å². The molecule has 2 aliphatic rings. The Hall–Kier alpha value is -2.50. The Balaban J connectivity index is 2.02. The Morgan fingerprint density at radius 1 is 1.36 bits per heavy atom. The van der Waals surface area contributed by atoms with Gasteiger partial charge in [-0.25, -0.2) is 4.79 Å². The Kier molecular flexibility index (Phi) is 4.45. The summed E-state index contributed by atoms with van der Waals surface area (Å²) in [6.45, 7) is 3.95. The lowest BCUT2D eigenvalue weighted by atomic mass is 9.92. The van der Waals surface area contributed by atoms with Gasteiger partial charge in [0.05, 0.1) is 13.5 Å². The van der Waals surface area contributed by atoms with E-state index in [1.165, 1.54) is 0 Å². The van der Waals surface area contributed by atoms with Crippen LogP contribution in [0.15, 0.2) is 11.1 Å². The number of benzene rings is 1. The highest BCUT2D eigenvalue weighted by molar-refractivity contribution is 5.98. The highest BCUT2D eigenvalue weighted by Gasteiger charge is 2.33. The summed E-state index contributed by atoms with van der Waals surface area (Å²) in [7, 11) is 1.54. The maximum absolute atomic E-state index is 12.0. The number of esters is 1. The van der Waals surface area contributed by atoms with Crippen molar-refractivity contribution < 1.29 is 29.3 Å². The first-order valence-electron chi connectivity index (χ1n) is 8.33. The van der Waals surface area contributed by atoms with Crippen molar-refractivity contribution in [3.8, 4) is 11.5 Å². The van der Waals surface area contributed by atoms with Crippen LogP contribution in [0, 0.1) is 12.8 Å². The third-order valence-electron chi connectivity index (χ3n) is 5.42. The van der Waals surface area contributed by atoms with Gasteiger partial charge >= 0.3 is 11.9 Å². The number of allylic oxidation sites excluding steroid dienone is 2. The molecule has 6 heteroatoms. The van der Waals surface area contributed by atoms with Crippen LogP contribution in [0.1, 0.15) is 53.2 Å². The number of fused-ring (bicyclic) bond motifs is 1. The zero-order chi connectivity index (χ0) is 18.3. The minimum Gasteiger partial charge on any atom is -0.507 e. The number of carbonyl (C=O) groups is 2. The Morgan fingerprint density at radius 2 is 2.08 bits per heavy atom. The van der Waals surface area contributed by atoms with E-state index in [0.717, 1.165) is 29.6 Å². The molecule has 134 valence electrons. The molecule has 1 aliphatic carbocycles. The molecule has 6 nitrogen and oxygen atoms in total. The number of aromatic hydroxyl groups is 1. The number of cyclic esters (lactones) is 1. The van der Waals surface area contributed by atoms with Gasteiger partial charge < -0.3 is 19.7 Å². The third kappa shape index (κ3) is 2.86. The number of ether oxygens (including phenoxy) is 2. The van der Waals surface area contributed by atoms with Crippen molar-refractivity contribution in [1.82, 2.24) is 0 Å². The standard InChI is InChI=1S/C19H22O6/c1-9-11(4-5-12(9)7-15(20)21)6-13-17(22)16-14(8-25-19(16)23)10(2)18(13)24-3/h12,22H,4-8H2,1-3H3,(H,20,21)/t12-/m0/s1. The van der Waals surface area contributed by atoms with E-state index in [2.05, 4.69) is 0 Å². The van der Waals surface area contributed by atoms with Crippen LogP contribution < -0.4 is 4.74 Å². The topological polar surface area (TPSA) is 93.1 Å². The quantitative estimate of drug-likeness (QED) is 0.628. The molecule has 1 aliphatic heterocycles. The molecule has 2 N–H and O–H groups in total. The fraction of sp³-hybridized carbons (Fsp3) is 0.474. The van der Waals surface area contributed by atoms with Crippen LogP contribution in [0.25, 0.3) is 0 Å². The summed E-state index contributed by atoms with van der Waals surface area (Å²) in [5.74, 6) is -0.804. The van der Waals surface area contributed by atoms with Crippen molar-refractivity contribution >= 4 is 11.9 Å². The van der Waals surface area contributed by atoms with Crippen LogP contribution in [0.3, 0.4) is 0 Å². The van der Waals surface area contributed by atoms with Crippen LogP contribution in [0.2, 0.25) is 0 Å². The zero-order valence-electron chi connectivity index (χ0n) is 14.6. The molecule has 1 atom stereocenters. The largest absolute Gasteiger partial charge is 0.507 e. The summed E-state index contributed by atoms with van der Waals surface area (Å²) < 4.78 is 10.6. The molecule has 0 fully saturated rings. The van der Waals surface area contributed by atoms with Crippen molar-refractivity contribution in [3.63, 3.8) is 0 Å². The molecule has 1 heterocycles. The lowest BCUT2D eigenvalue weighted by Gasteiger charge is -2.17. The van der Waals surface area contributed by atoms with E-state index in [1.807, 2.05) is 13.8 Å². The molecular formula is C19H22O6. The van der Waals surface area contributed by atoms with E-state index in [9.17, 15) is 14.7 Å². The Labute approximate surface area is 146 Å². The number of methoxy groups -OCH3 is 1. The van der Waals surface area contributed by atoms with Gasteiger partial charge in [0, 0.05) is 17.5 Å². The Bertz CT molecular complexity index is 790. The molecule has 1 aromatic carbocycles. The van der Waals surface area contributed by atoms with E-state index in [1.54, 1.807) is 7.11 Å². The Morgan fingerprint density at radius 3 is 2.72 bits per heavy atom. The monoisotopic (exact) mass is 346 g/mol. The van der Waals surface area contributed by atoms with Crippen molar-refractivity contribution in [1.29, 1.82) is 0 Å². The molecule has 0 bridgehead atoms. The van der Waals surface area contributed by atoms with Crippen LogP contribution in [0.5, 0.6) is 11.5 Å². The van der Waals surface area contributed by atoms with Crippen molar-refractivity contribution in [2.45, 2.75) is 46.1 Å². The molecular weight excluding hydrogens is 324 g/mol. The molecule has 0 aromatic heterocycles. The molecule has 1 aromatic rings. The van der Waals surface area contributed by atoms with Crippen molar-refractivity contribution in [3.05, 3.63) is 33.4 Å². The molecule has 0 spiro atoms. The smallest absolute Gasteiger partial charge is 0.342 e. The second kappa shape index (κ2) is 6.43. The zero-order valence-corrected chi connectivity index (χ0v) is 14.6. The number of hydrogen-bond acceptors (Lipinski definition) is 5. The van der Waals surface area contributed by atoms with Crippen molar-refractivity contribution in [2.24, 2.45) is 5.92 Å². The average Bonchev–Trinajstić information content (AvgIpc) is 3.10. The highest BCUT2D eigenvalue weighted by atomic mass is 16.5. The summed E-state index contributed by atoms with van der Waals surface area (Å²) in [5, 5.41) is 19.7. The lowest BCUT2D eigenvalue weighted by molar-refractivity contribution is -0.137. The maximum atomic E-state index is 12.0. The van der Waals surface area contributed by atoms with E-state index in [4.69, 9.17) is 14.6 Å². The summed E-state index contributed by atoms with van der Waals surface area (Å²) in [4.78, 5) is 23.0. The van der Waals surface area contributed by atoms with E-state index in [-0.39, 0.29) is 30.3 Å². The first-order valence-corrected chi connectivity index (χ1v) is 8.33. The summed E-state index contributed by atoms with van der Waals surface area (Å²) in [5.41, 5.74) is 4.43. The number of aliphatic carboxylic acids is 1. The number of phenols is 1. The highest BCUT2D eigenvalue weighted by Crippen LogP contribution is 2.44. The third-order valence-corrected chi connectivity index (χ3v) is 5.42. The molecule has 0 saturated carbocycles. The normalized spacial score (nSPS) is 19.2. The number of hydrogen-bond donors (Lipinski definition) is 2. The predicted molar refractivity (Wildman–Crippen MR) is 89.9 cm³/mol. The van der Waals surface area contributed by atoms with Gasteiger partial charge in [0.25, 0.3) is 0 Å². The number of carbonyl (C=O) groups excluding carboxylic acids is 1. The first-order chi connectivity index (χ1) is 11.8. The number of phenolic OH excluding ortho intramolecular Hbond substituents is 1. The molecule has 0 saturated heterocycles. The molecule has 0 radical (unpaired) electrons. The summed E-state index contributed by atoms with van der Waals surface area (Å²) in [6.07, 6.45) is 2.14. The second-order valence-corrected chi connectivity index (χ2v) is 6.71. The van der Waals surface area contributed by atoms with Crippen LogP contribution in [-0.4, -0.2) is 29.3 Å².